The van der Waals surface area contributed by atoms with Crippen LogP contribution in [0.2, 0.25) is 0 Å². The van der Waals surface area contributed by atoms with E-state index in [4.69, 9.17) is 4.74 Å². The van der Waals surface area contributed by atoms with E-state index in [1.807, 2.05) is 48.5 Å². The Morgan fingerprint density at radius 2 is 1.82 bits per heavy atom. The van der Waals surface area contributed by atoms with Gasteiger partial charge in [-0.25, -0.2) is 4.79 Å². The maximum absolute atomic E-state index is 12.5. The Hall–Kier alpha value is -3.20. The molecule has 1 fully saturated rings. The van der Waals surface area contributed by atoms with Gasteiger partial charge in [0.1, 0.15) is 11.8 Å². The molecule has 0 radical (unpaired) electrons. The van der Waals surface area contributed by atoms with E-state index in [0.717, 1.165) is 30.0 Å². The first-order chi connectivity index (χ1) is 13.7. The van der Waals surface area contributed by atoms with E-state index >= 15 is 0 Å². The number of anilines is 2. The van der Waals surface area contributed by atoms with Gasteiger partial charge in [-0.2, -0.15) is 5.26 Å². The first-order valence-electron chi connectivity index (χ1n) is 9.74. The van der Waals surface area contributed by atoms with Gasteiger partial charge in [0.25, 0.3) is 0 Å². The molecule has 1 heterocycles. The number of nitrogens with one attached hydrogen (secondary N) is 1. The third kappa shape index (κ3) is 4.95. The molecule has 3 rings (SSSR count). The molecule has 28 heavy (non-hydrogen) atoms. The first kappa shape index (κ1) is 19.6. The highest BCUT2D eigenvalue weighted by molar-refractivity contribution is 5.89. The minimum atomic E-state index is -0.104. The van der Waals surface area contributed by atoms with E-state index in [9.17, 15) is 10.1 Å². The molecular formula is C22H26N4O2. The van der Waals surface area contributed by atoms with Crippen LogP contribution < -0.4 is 15.0 Å². The number of nitriles is 1. The Morgan fingerprint density at radius 1 is 1.11 bits per heavy atom. The van der Waals surface area contributed by atoms with Crippen molar-refractivity contribution >= 4 is 17.4 Å². The summed E-state index contributed by atoms with van der Waals surface area (Å²) in [6.45, 7) is 5.48. The number of ether oxygens (including phenoxy) is 1. The number of rotatable bonds is 6. The second-order valence-corrected chi connectivity index (χ2v) is 6.76. The molecule has 0 atom stereocenters. The average molecular weight is 378 g/mol. The molecule has 0 saturated carbocycles. The van der Waals surface area contributed by atoms with Crippen molar-refractivity contribution in [1.82, 2.24) is 4.90 Å². The molecule has 146 valence electrons. The van der Waals surface area contributed by atoms with Gasteiger partial charge < -0.3 is 19.9 Å². The van der Waals surface area contributed by atoms with E-state index in [2.05, 4.69) is 23.2 Å². The van der Waals surface area contributed by atoms with Crippen molar-refractivity contribution in [2.24, 2.45) is 0 Å². The summed E-state index contributed by atoms with van der Waals surface area (Å²) in [6.07, 6.45) is 2.13. The topological polar surface area (TPSA) is 68.6 Å². The molecule has 2 aromatic rings. The molecule has 1 aliphatic rings. The quantitative estimate of drug-likeness (QED) is 0.769. The Bertz CT molecular complexity index is 821. The largest absolute Gasteiger partial charge is 0.494 e. The highest BCUT2D eigenvalue weighted by Crippen LogP contribution is 2.21. The van der Waals surface area contributed by atoms with E-state index in [1.165, 1.54) is 0 Å². The van der Waals surface area contributed by atoms with E-state index < -0.39 is 0 Å². The normalized spacial score (nSPS) is 13.7. The summed E-state index contributed by atoms with van der Waals surface area (Å²) in [5, 5.41) is 12.2. The van der Waals surface area contributed by atoms with Gasteiger partial charge in [-0.15, -0.1) is 0 Å². The van der Waals surface area contributed by atoms with Crippen LogP contribution in [0, 0.1) is 11.3 Å². The second kappa shape index (κ2) is 9.65. The molecule has 0 aliphatic carbocycles. The Labute approximate surface area is 166 Å². The number of para-hydroxylation sites is 1. The summed E-state index contributed by atoms with van der Waals surface area (Å²) in [5.74, 6) is 0.816. The fourth-order valence-corrected chi connectivity index (χ4v) is 3.17. The smallest absolute Gasteiger partial charge is 0.321 e. The third-order valence-corrected chi connectivity index (χ3v) is 4.80. The molecule has 1 aliphatic heterocycles. The molecule has 2 aromatic carbocycles. The van der Waals surface area contributed by atoms with Gasteiger partial charge in [0.05, 0.1) is 17.9 Å². The fourth-order valence-electron chi connectivity index (χ4n) is 3.17. The van der Waals surface area contributed by atoms with Crippen molar-refractivity contribution in [2.45, 2.75) is 19.8 Å². The Morgan fingerprint density at radius 3 is 2.50 bits per heavy atom. The molecule has 0 bridgehead atoms. The zero-order valence-electron chi connectivity index (χ0n) is 16.2. The summed E-state index contributed by atoms with van der Waals surface area (Å²) in [6, 6.07) is 17.2. The van der Waals surface area contributed by atoms with Crippen molar-refractivity contribution in [2.75, 3.05) is 43.0 Å². The summed E-state index contributed by atoms with van der Waals surface area (Å²) in [4.78, 5) is 16.5. The van der Waals surface area contributed by atoms with E-state index in [1.54, 1.807) is 4.90 Å². The number of hydrogen-bond donors (Lipinski definition) is 1. The summed E-state index contributed by atoms with van der Waals surface area (Å²) in [7, 11) is 0. The minimum Gasteiger partial charge on any atom is -0.494 e. The van der Waals surface area contributed by atoms with Crippen LogP contribution in [0.5, 0.6) is 5.75 Å². The van der Waals surface area contributed by atoms with Gasteiger partial charge in [0.15, 0.2) is 0 Å². The Balaban J connectivity index is 1.51. The molecule has 2 amide bonds. The molecule has 6 nitrogen and oxygen atoms in total. The van der Waals surface area contributed by atoms with E-state index in [0.29, 0.717) is 38.3 Å². The van der Waals surface area contributed by atoms with Gasteiger partial charge >= 0.3 is 6.03 Å². The van der Waals surface area contributed by atoms with Crippen molar-refractivity contribution in [3.05, 3.63) is 54.1 Å². The number of urea groups is 1. The van der Waals surface area contributed by atoms with Gasteiger partial charge in [-0.3, -0.25) is 0 Å². The van der Waals surface area contributed by atoms with Gasteiger partial charge in [0, 0.05) is 31.9 Å². The summed E-state index contributed by atoms with van der Waals surface area (Å²) >= 11 is 0. The van der Waals surface area contributed by atoms with Crippen LogP contribution >= 0.6 is 0 Å². The summed E-state index contributed by atoms with van der Waals surface area (Å²) < 4.78 is 5.64. The molecule has 6 heteroatoms. The molecule has 1 N–H and O–H groups in total. The lowest BCUT2D eigenvalue weighted by Crippen LogP contribution is -2.50. The average Bonchev–Trinajstić information content (AvgIpc) is 2.75. The minimum absolute atomic E-state index is 0.104. The van der Waals surface area contributed by atoms with Crippen LogP contribution in [0.1, 0.15) is 25.3 Å². The van der Waals surface area contributed by atoms with Gasteiger partial charge in [0.2, 0.25) is 0 Å². The van der Waals surface area contributed by atoms with Crippen molar-refractivity contribution in [3.63, 3.8) is 0 Å². The van der Waals surface area contributed by atoms with Crippen LogP contribution in [0.15, 0.2) is 48.5 Å². The van der Waals surface area contributed by atoms with Crippen LogP contribution in [-0.4, -0.2) is 43.7 Å². The Kier molecular flexibility index (Phi) is 6.74. The lowest BCUT2D eigenvalue weighted by Gasteiger charge is -2.36. The lowest BCUT2D eigenvalue weighted by atomic mass is 10.1. The van der Waals surface area contributed by atoms with Crippen molar-refractivity contribution < 1.29 is 9.53 Å². The second-order valence-electron chi connectivity index (χ2n) is 6.76. The fraction of sp³-hybridized carbons (Fsp3) is 0.364. The van der Waals surface area contributed by atoms with Gasteiger partial charge in [-0.1, -0.05) is 25.5 Å². The number of nitrogens with zero attached hydrogens (tertiary/aromatic N) is 3. The van der Waals surface area contributed by atoms with Gasteiger partial charge in [-0.05, 0) is 42.8 Å². The van der Waals surface area contributed by atoms with Crippen molar-refractivity contribution in [1.29, 1.82) is 5.26 Å². The van der Waals surface area contributed by atoms with Crippen LogP contribution in [0.4, 0.5) is 16.2 Å². The third-order valence-electron chi connectivity index (χ3n) is 4.80. The predicted molar refractivity (Wildman–Crippen MR) is 111 cm³/mol. The summed E-state index contributed by atoms with van der Waals surface area (Å²) in [5.41, 5.74) is 2.36. The maximum atomic E-state index is 12.5. The maximum Gasteiger partial charge on any atom is 0.321 e. The predicted octanol–water partition coefficient (Wildman–Crippen LogP) is 4.09. The van der Waals surface area contributed by atoms with E-state index in [-0.39, 0.29) is 6.03 Å². The molecular weight excluding hydrogens is 352 g/mol. The molecule has 0 unspecified atom stereocenters. The number of piperazine rings is 1. The number of amides is 2. The SMILES string of the molecule is CCCCOc1ccc(NC(=O)N2CCN(c3ccccc3C#N)CC2)cc1. The number of benzene rings is 2. The van der Waals surface area contributed by atoms with Crippen LogP contribution in [0.3, 0.4) is 0 Å². The zero-order valence-corrected chi connectivity index (χ0v) is 16.2. The number of carbonyl (C=O) groups excluding carboxylic acids is 1. The molecule has 0 spiro atoms. The number of carbonyl (C=O) groups is 1. The highest BCUT2D eigenvalue weighted by atomic mass is 16.5. The zero-order chi connectivity index (χ0) is 19.8. The highest BCUT2D eigenvalue weighted by Gasteiger charge is 2.22. The molecule has 1 saturated heterocycles. The van der Waals surface area contributed by atoms with Crippen LogP contribution in [-0.2, 0) is 0 Å². The monoisotopic (exact) mass is 378 g/mol. The lowest BCUT2D eigenvalue weighted by molar-refractivity contribution is 0.208. The number of unbranched alkanes of at least 4 members (excludes halogenated alkanes) is 1. The molecule has 0 aromatic heterocycles. The number of hydrogen-bond acceptors (Lipinski definition) is 4. The van der Waals surface area contributed by atoms with Crippen LogP contribution in [0.25, 0.3) is 0 Å². The first-order valence-corrected chi connectivity index (χ1v) is 9.74. The standard InChI is InChI=1S/C22H26N4O2/c1-2-3-16-28-20-10-8-19(9-11-20)24-22(27)26-14-12-25(13-15-26)21-7-5-4-6-18(21)17-23/h4-11H,2-3,12-16H2,1H3,(H,24,27). The van der Waals surface area contributed by atoms with Crippen molar-refractivity contribution in [3.8, 4) is 11.8 Å².